The third kappa shape index (κ3) is 2.73. The molecule has 0 aliphatic carbocycles. The summed E-state index contributed by atoms with van der Waals surface area (Å²) in [6.45, 7) is 2.35. The molecule has 0 unspecified atom stereocenters. The number of hydrogen-bond acceptors (Lipinski definition) is 5. The largest absolute Gasteiger partial charge is 0.502 e. The van der Waals surface area contributed by atoms with Crippen LogP contribution in [0, 0.1) is 0 Å². The lowest BCUT2D eigenvalue weighted by atomic mass is 10.1. The summed E-state index contributed by atoms with van der Waals surface area (Å²) in [5.74, 6) is 0.951. The zero-order valence-corrected chi connectivity index (χ0v) is 12.8. The van der Waals surface area contributed by atoms with Crippen LogP contribution in [0.3, 0.4) is 0 Å². The Morgan fingerprint density at radius 2 is 1.78 bits per heavy atom. The highest BCUT2D eigenvalue weighted by Crippen LogP contribution is 2.32. The van der Waals surface area contributed by atoms with Gasteiger partial charge in [-0.2, -0.15) is 0 Å². The van der Waals surface area contributed by atoms with Crippen molar-refractivity contribution in [2.45, 2.75) is 6.92 Å². The van der Waals surface area contributed by atoms with Crippen molar-refractivity contribution in [1.29, 1.82) is 0 Å². The summed E-state index contributed by atoms with van der Waals surface area (Å²) in [6, 6.07) is 11.9. The summed E-state index contributed by atoms with van der Waals surface area (Å²) in [5.41, 5.74) is 0.497. The summed E-state index contributed by atoms with van der Waals surface area (Å²) in [7, 11) is 1.57. The predicted molar refractivity (Wildman–Crippen MR) is 87.3 cm³/mol. The molecule has 2 aromatic carbocycles. The molecule has 3 rings (SSSR count). The Bertz CT molecular complexity index is 894. The van der Waals surface area contributed by atoms with Crippen molar-refractivity contribution in [3.8, 4) is 28.6 Å². The van der Waals surface area contributed by atoms with Crippen molar-refractivity contribution >= 4 is 11.0 Å². The molecule has 0 aliphatic heterocycles. The van der Waals surface area contributed by atoms with E-state index in [1.807, 2.05) is 6.92 Å². The van der Waals surface area contributed by atoms with Gasteiger partial charge in [0.25, 0.3) is 0 Å². The minimum Gasteiger partial charge on any atom is -0.502 e. The quantitative estimate of drug-likeness (QED) is 0.797. The van der Waals surface area contributed by atoms with Crippen molar-refractivity contribution < 1.29 is 19.0 Å². The lowest BCUT2D eigenvalue weighted by Gasteiger charge is -2.08. The first-order valence-corrected chi connectivity index (χ1v) is 7.21. The number of fused-ring (bicyclic) bond motifs is 1. The average Bonchev–Trinajstić information content (AvgIpc) is 2.59. The van der Waals surface area contributed by atoms with E-state index in [9.17, 15) is 9.90 Å². The summed E-state index contributed by atoms with van der Waals surface area (Å²) >= 11 is 0. The molecule has 0 saturated carbocycles. The molecule has 23 heavy (non-hydrogen) atoms. The van der Waals surface area contributed by atoms with Crippen molar-refractivity contribution in [2.75, 3.05) is 13.7 Å². The van der Waals surface area contributed by atoms with Crippen LogP contribution in [0.25, 0.3) is 22.3 Å². The molecule has 1 aromatic heterocycles. The van der Waals surface area contributed by atoms with Crippen molar-refractivity contribution in [3.63, 3.8) is 0 Å². The molecular formula is C18H16O5. The van der Waals surface area contributed by atoms with Crippen LogP contribution < -0.4 is 14.9 Å². The third-order valence-electron chi connectivity index (χ3n) is 3.50. The van der Waals surface area contributed by atoms with Crippen molar-refractivity contribution in [2.24, 2.45) is 0 Å². The first-order valence-electron chi connectivity index (χ1n) is 7.21. The second kappa shape index (κ2) is 6.04. The standard InChI is InChI=1S/C18H16O5/c1-3-22-13-8-9-15-14(10-13)16(19)17(20)18(23-15)11-4-6-12(21-2)7-5-11/h4-10,20H,3H2,1-2H3. The van der Waals surface area contributed by atoms with Crippen LogP contribution in [0.5, 0.6) is 17.2 Å². The molecule has 0 aliphatic rings. The van der Waals surface area contributed by atoms with E-state index in [1.165, 1.54) is 0 Å². The molecule has 1 N–H and O–H groups in total. The SMILES string of the molecule is CCOc1ccc2oc(-c3ccc(OC)cc3)c(O)c(=O)c2c1. The van der Waals surface area contributed by atoms with Gasteiger partial charge in [0.15, 0.2) is 5.76 Å². The van der Waals surface area contributed by atoms with Crippen LogP contribution in [-0.2, 0) is 0 Å². The van der Waals surface area contributed by atoms with Crippen LogP contribution in [0.4, 0.5) is 0 Å². The maximum Gasteiger partial charge on any atom is 0.235 e. The minimum absolute atomic E-state index is 0.134. The first kappa shape index (κ1) is 15.0. The van der Waals surface area contributed by atoms with Gasteiger partial charge in [0.1, 0.15) is 17.1 Å². The number of ether oxygens (including phenoxy) is 2. The van der Waals surface area contributed by atoms with E-state index < -0.39 is 11.2 Å². The van der Waals surface area contributed by atoms with Crippen LogP contribution in [-0.4, -0.2) is 18.8 Å². The number of hydrogen-bond donors (Lipinski definition) is 1. The number of benzene rings is 2. The normalized spacial score (nSPS) is 10.7. The molecule has 0 saturated heterocycles. The fraction of sp³-hybridized carbons (Fsp3) is 0.167. The number of aromatic hydroxyl groups is 1. The third-order valence-corrected chi connectivity index (χ3v) is 3.50. The van der Waals surface area contributed by atoms with E-state index >= 15 is 0 Å². The van der Waals surface area contributed by atoms with Gasteiger partial charge in [-0.25, -0.2) is 0 Å². The molecule has 118 valence electrons. The second-order valence-corrected chi connectivity index (χ2v) is 4.93. The lowest BCUT2D eigenvalue weighted by Crippen LogP contribution is -2.03. The van der Waals surface area contributed by atoms with Crippen molar-refractivity contribution in [1.82, 2.24) is 0 Å². The van der Waals surface area contributed by atoms with Gasteiger partial charge in [-0.3, -0.25) is 4.79 Å². The summed E-state index contributed by atoms with van der Waals surface area (Å²) in [6.07, 6.45) is 0. The Morgan fingerprint density at radius 1 is 1.09 bits per heavy atom. The highest BCUT2D eigenvalue weighted by atomic mass is 16.5. The molecule has 0 fully saturated rings. The highest BCUT2D eigenvalue weighted by molar-refractivity contribution is 5.83. The summed E-state index contributed by atoms with van der Waals surface area (Å²) in [4.78, 5) is 12.4. The Hall–Kier alpha value is -2.95. The molecule has 0 bridgehead atoms. The molecule has 0 atom stereocenters. The summed E-state index contributed by atoms with van der Waals surface area (Å²) in [5, 5.41) is 10.5. The van der Waals surface area contributed by atoms with Crippen LogP contribution >= 0.6 is 0 Å². The Labute approximate surface area is 132 Å². The number of rotatable bonds is 4. The Balaban J connectivity index is 2.16. The summed E-state index contributed by atoms with van der Waals surface area (Å²) < 4.78 is 16.2. The van der Waals surface area contributed by atoms with Gasteiger partial charge in [-0.05, 0) is 49.4 Å². The predicted octanol–water partition coefficient (Wildman–Crippen LogP) is 3.57. The zero-order chi connectivity index (χ0) is 16.4. The monoisotopic (exact) mass is 312 g/mol. The first-order chi connectivity index (χ1) is 11.1. The highest BCUT2D eigenvalue weighted by Gasteiger charge is 2.16. The van der Waals surface area contributed by atoms with Gasteiger partial charge in [0, 0.05) is 5.56 Å². The van der Waals surface area contributed by atoms with E-state index in [0.717, 1.165) is 0 Å². The van der Waals surface area contributed by atoms with Crippen LogP contribution in [0.15, 0.2) is 51.7 Å². The molecule has 0 spiro atoms. The second-order valence-electron chi connectivity index (χ2n) is 4.93. The topological polar surface area (TPSA) is 68.9 Å². The smallest absolute Gasteiger partial charge is 0.235 e. The fourth-order valence-corrected chi connectivity index (χ4v) is 2.36. The van der Waals surface area contributed by atoms with E-state index in [2.05, 4.69) is 0 Å². The minimum atomic E-state index is -0.487. The van der Waals surface area contributed by atoms with E-state index in [0.29, 0.717) is 29.3 Å². The molecule has 5 nitrogen and oxygen atoms in total. The molecule has 3 aromatic rings. The fourth-order valence-electron chi connectivity index (χ4n) is 2.36. The van der Waals surface area contributed by atoms with Gasteiger partial charge in [0.05, 0.1) is 19.1 Å². The van der Waals surface area contributed by atoms with Gasteiger partial charge in [0.2, 0.25) is 11.2 Å². The van der Waals surface area contributed by atoms with Gasteiger partial charge in [-0.1, -0.05) is 0 Å². The molecule has 0 amide bonds. The average molecular weight is 312 g/mol. The molecule has 0 radical (unpaired) electrons. The van der Waals surface area contributed by atoms with Gasteiger partial charge in [-0.15, -0.1) is 0 Å². The zero-order valence-electron chi connectivity index (χ0n) is 12.8. The molecular weight excluding hydrogens is 296 g/mol. The Morgan fingerprint density at radius 3 is 2.43 bits per heavy atom. The van der Waals surface area contributed by atoms with Gasteiger partial charge < -0.3 is 19.0 Å². The van der Waals surface area contributed by atoms with E-state index in [-0.39, 0.29) is 11.1 Å². The molecule has 1 heterocycles. The molecule has 5 heteroatoms. The van der Waals surface area contributed by atoms with Crippen molar-refractivity contribution in [3.05, 3.63) is 52.7 Å². The number of methoxy groups -OCH3 is 1. The maximum absolute atomic E-state index is 12.4. The van der Waals surface area contributed by atoms with Crippen LogP contribution in [0.1, 0.15) is 6.92 Å². The van der Waals surface area contributed by atoms with Crippen LogP contribution in [0.2, 0.25) is 0 Å². The lowest BCUT2D eigenvalue weighted by molar-refractivity contribution is 0.340. The van der Waals surface area contributed by atoms with E-state index in [1.54, 1.807) is 49.6 Å². The Kier molecular flexibility index (Phi) is 3.93. The van der Waals surface area contributed by atoms with Gasteiger partial charge >= 0.3 is 0 Å². The van der Waals surface area contributed by atoms with E-state index in [4.69, 9.17) is 13.9 Å². The maximum atomic E-state index is 12.4.